The highest BCUT2D eigenvalue weighted by atomic mass is 32.2. The third-order valence-electron chi connectivity index (χ3n) is 9.79. The van der Waals surface area contributed by atoms with Crippen molar-refractivity contribution in [2.75, 3.05) is 42.6 Å². The number of anilines is 2. The summed E-state index contributed by atoms with van der Waals surface area (Å²) in [5.41, 5.74) is 1.46. The molecule has 3 saturated heterocycles. The third-order valence-corrected chi connectivity index (χ3v) is 11.7. The van der Waals surface area contributed by atoms with Crippen molar-refractivity contribution in [3.63, 3.8) is 0 Å². The summed E-state index contributed by atoms with van der Waals surface area (Å²) in [7, 11) is 0. The van der Waals surface area contributed by atoms with Crippen molar-refractivity contribution >= 4 is 51.6 Å². The fourth-order valence-electron chi connectivity index (χ4n) is 7.81. The number of thioether (sulfide) groups is 1. The van der Waals surface area contributed by atoms with E-state index in [2.05, 4.69) is 13.2 Å². The Labute approximate surface area is 281 Å². The average molecular weight is 654 g/mol. The van der Waals surface area contributed by atoms with Crippen LogP contribution in [0, 0.1) is 11.8 Å². The van der Waals surface area contributed by atoms with Gasteiger partial charge in [-0.3, -0.25) is 14.4 Å². The second kappa shape index (κ2) is 14.0. The lowest BCUT2D eigenvalue weighted by atomic mass is 9.70. The number of rotatable bonds is 14. The minimum absolute atomic E-state index is 0.00538. The Hall–Kier alpha value is -4.08. The molecule has 3 amide bonds. The fourth-order valence-corrected chi connectivity index (χ4v) is 10.0. The van der Waals surface area contributed by atoms with Crippen LogP contribution in [-0.2, 0) is 14.4 Å². The summed E-state index contributed by atoms with van der Waals surface area (Å²) in [6.45, 7) is 11.3. The third kappa shape index (κ3) is 5.84. The molecule has 3 fully saturated rings. The first-order valence-electron chi connectivity index (χ1n) is 16.5. The number of aliphatic hydroxyl groups is 1. The number of hydrogen-bond acceptors (Lipinski definition) is 6. The van der Waals surface area contributed by atoms with Crippen molar-refractivity contribution in [2.24, 2.45) is 11.8 Å². The lowest BCUT2D eigenvalue weighted by Crippen LogP contribution is -2.55. The maximum Gasteiger partial charge on any atom is 0.251 e. The van der Waals surface area contributed by atoms with Crippen molar-refractivity contribution in [2.45, 2.75) is 48.6 Å². The number of aliphatic hydroxyl groups excluding tert-OH is 1. The molecule has 6 rings (SSSR count). The molecular weight excluding hydrogens is 611 g/mol. The molecule has 3 aliphatic rings. The normalized spacial score (nSPS) is 24.3. The van der Waals surface area contributed by atoms with E-state index in [1.165, 1.54) is 0 Å². The molecule has 3 aliphatic heterocycles. The Bertz CT molecular complexity index is 1660. The fraction of sp³-hybridized carbons (Fsp3) is 0.395. The molecule has 2 bridgehead atoms. The molecule has 0 saturated carbocycles. The van der Waals surface area contributed by atoms with Gasteiger partial charge in [0, 0.05) is 42.9 Å². The molecule has 8 nitrogen and oxygen atoms in total. The van der Waals surface area contributed by atoms with Gasteiger partial charge in [-0.15, -0.1) is 24.9 Å². The first-order chi connectivity index (χ1) is 22.9. The standard InChI is InChI=1S/C38H43N3O5S/c1-4-21-39(28-15-17-30(18-16-28)46-6-3)35(43)32-31-19-20-38(47-31)33(32)36(44)41(23-9-10-24-42)34(38)37(45)40(22-5-2)29-14-13-26-11-7-8-12-27(26)25-29/h4-5,7-8,11-18,25,31-34,42H,1-2,6,9-10,19-24H2,3H3/t31-,32+,33-,34?,38?/m0/s1. The largest absolute Gasteiger partial charge is 0.494 e. The Morgan fingerprint density at radius 3 is 2.34 bits per heavy atom. The maximum absolute atomic E-state index is 14.9. The molecule has 47 heavy (non-hydrogen) atoms. The molecule has 3 aromatic carbocycles. The lowest BCUT2D eigenvalue weighted by molar-refractivity contribution is -0.139. The van der Waals surface area contributed by atoms with E-state index in [4.69, 9.17) is 4.74 Å². The van der Waals surface area contributed by atoms with E-state index in [1.54, 1.807) is 38.6 Å². The molecule has 3 heterocycles. The van der Waals surface area contributed by atoms with Crippen molar-refractivity contribution < 1.29 is 24.2 Å². The highest BCUT2D eigenvalue weighted by molar-refractivity contribution is 8.02. The first kappa shape index (κ1) is 32.8. The summed E-state index contributed by atoms with van der Waals surface area (Å²) in [6.07, 6.45) is 5.93. The number of amides is 3. The van der Waals surface area contributed by atoms with Crippen molar-refractivity contribution in [1.29, 1.82) is 0 Å². The molecule has 0 aliphatic carbocycles. The number of fused-ring (bicyclic) bond motifs is 2. The van der Waals surface area contributed by atoms with Gasteiger partial charge < -0.3 is 24.5 Å². The van der Waals surface area contributed by atoms with E-state index in [0.717, 1.165) is 28.6 Å². The van der Waals surface area contributed by atoms with Crippen LogP contribution in [0.2, 0.25) is 0 Å². The smallest absolute Gasteiger partial charge is 0.251 e. The molecule has 1 N–H and O–H groups in total. The van der Waals surface area contributed by atoms with E-state index < -0.39 is 22.6 Å². The van der Waals surface area contributed by atoms with Crippen LogP contribution in [0.5, 0.6) is 5.75 Å². The van der Waals surface area contributed by atoms with Crippen LogP contribution in [0.4, 0.5) is 11.4 Å². The van der Waals surface area contributed by atoms with Crippen LogP contribution in [0.25, 0.3) is 10.8 Å². The van der Waals surface area contributed by atoms with Gasteiger partial charge in [-0.05, 0) is 79.8 Å². The van der Waals surface area contributed by atoms with Gasteiger partial charge in [0.1, 0.15) is 11.8 Å². The molecule has 9 heteroatoms. The van der Waals surface area contributed by atoms with E-state index in [-0.39, 0.29) is 36.1 Å². The number of hydrogen-bond donors (Lipinski definition) is 1. The predicted octanol–water partition coefficient (Wildman–Crippen LogP) is 5.84. The van der Waals surface area contributed by atoms with Gasteiger partial charge in [-0.2, -0.15) is 0 Å². The van der Waals surface area contributed by atoms with Crippen LogP contribution < -0.4 is 14.5 Å². The maximum atomic E-state index is 14.9. The minimum atomic E-state index is -0.740. The molecule has 246 valence electrons. The van der Waals surface area contributed by atoms with Gasteiger partial charge in [0.05, 0.1) is 23.2 Å². The van der Waals surface area contributed by atoms with Gasteiger partial charge >= 0.3 is 0 Å². The van der Waals surface area contributed by atoms with Gasteiger partial charge in [0.2, 0.25) is 11.8 Å². The number of unbranched alkanes of at least 4 members (excludes halogenated alkanes) is 1. The summed E-state index contributed by atoms with van der Waals surface area (Å²) in [6, 6.07) is 20.7. The molecule has 1 spiro atoms. The topological polar surface area (TPSA) is 90.4 Å². The zero-order valence-electron chi connectivity index (χ0n) is 26.9. The van der Waals surface area contributed by atoms with Crippen LogP contribution in [0.3, 0.4) is 0 Å². The number of carbonyl (C=O) groups excluding carboxylic acids is 3. The van der Waals surface area contributed by atoms with E-state index in [0.29, 0.717) is 44.6 Å². The van der Waals surface area contributed by atoms with Crippen molar-refractivity contribution in [3.8, 4) is 5.75 Å². The molecule has 5 atom stereocenters. The van der Waals surface area contributed by atoms with Crippen LogP contribution in [-0.4, -0.2) is 76.6 Å². The van der Waals surface area contributed by atoms with Crippen LogP contribution in [0.15, 0.2) is 92.0 Å². The Morgan fingerprint density at radius 1 is 0.979 bits per heavy atom. The van der Waals surface area contributed by atoms with E-state index in [9.17, 15) is 19.5 Å². The summed E-state index contributed by atoms with van der Waals surface area (Å²) >= 11 is 1.66. The Kier molecular flexibility index (Phi) is 9.75. The van der Waals surface area contributed by atoms with Gasteiger partial charge in [-0.25, -0.2) is 0 Å². The summed E-state index contributed by atoms with van der Waals surface area (Å²) < 4.78 is 4.88. The number of ether oxygens (including phenoxy) is 1. The number of carbonyl (C=O) groups is 3. The minimum Gasteiger partial charge on any atom is -0.494 e. The monoisotopic (exact) mass is 653 g/mol. The summed E-state index contributed by atoms with van der Waals surface area (Å²) in [4.78, 5) is 49.2. The number of nitrogens with zero attached hydrogens (tertiary/aromatic N) is 3. The average Bonchev–Trinajstić information content (AvgIpc) is 3.73. The molecule has 0 aromatic heterocycles. The molecular formula is C38H43N3O5S. The number of benzene rings is 3. The molecule has 3 aromatic rings. The van der Waals surface area contributed by atoms with E-state index >= 15 is 0 Å². The Morgan fingerprint density at radius 2 is 1.66 bits per heavy atom. The predicted molar refractivity (Wildman–Crippen MR) is 189 cm³/mol. The first-order valence-corrected chi connectivity index (χ1v) is 17.4. The zero-order chi connectivity index (χ0) is 33.1. The quantitative estimate of drug-likeness (QED) is 0.174. The van der Waals surface area contributed by atoms with Crippen molar-refractivity contribution in [1.82, 2.24) is 4.90 Å². The lowest BCUT2D eigenvalue weighted by Gasteiger charge is -2.37. The Balaban J connectivity index is 1.37. The molecule has 0 radical (unpaired) electrons. The summed E-state index contributed by atoms with van der Waals surface area (Å²) in [5, 5.41) is 11.6. The van der Waals surface area contributed by atoms with Crippen LogP contribution >= 0.6 is 11.8 Å². The number of likely N-dealkylation sites (tertiary alicyclic amines) is 1. The second-order valence-electron chi connectivity index (χ2n) is 12.5. The van der Waals surface area contributed by atoms with Gasteiger partial charge in [-0.1, -0.05) is 42.5 Å². The highest BCUT2D eigenvalue weighted by Gasteiger charge is 2.74. The van der Waals surface area contributed by atoms with E-state index in [1.807, 2.05) is 73.7 Å². The molecule has 2 unspecified atom stereocenters. The zero-order valence-corrected chi connectivity index (χ0v) is 27.7. The highest BCUT2D eigenvalue weighted by Crippen LogP contribution is 2.67. The van der Waals surface area contributed by atoms with Crippen molar-refractivity contribution in [3.05, 3.63) is 92.0 Å². The SMILES string of the molecule is C=CCN(C(=O)C1N(CCCCO)C(=O)[C@@H]2[C@H](C(=O)N(CC=C)c3ccc(OCC)cc3)[C@@H]3CCC12S3)c1ccc2ccccc2c1. The van der Waals surface area contributed by atoms with Gasteiger partial charge in [0.25, 0.3) is 5.91 Å². The van der Waals surface area contributed by atoms with Gasteiger partial charge in [0.15, 0.2) is 0 Å². The summed E-state index contributed by atoms with van der Waals surface area (Å²) in [5.74, 6) is -0.892. The second-order valence-corrected chi connectivity index (χ2v) is 14.1. The van der Waals surface area contributed by atoms with Crippen LogP contribution in [0.1, 0.15) is 32.6 Å².